The van der Waals surface area contributed by atoms with Crippen molar-refractivity contribution < 1.29 is 13.9 Å². The Morgan fingerprint density at radius 3 is 2.62 bits per heavy atom. The third-order valence-corrected chi connectivity index (χ3v) is 1.02. The third kappa shape index (κ3) is 0.690. The number of carbonyl (C=O) groups is 1. The molecule has 0 aromatic carbocycles. The number of ether oxygens (including phenoxy) is 1. The zero-order valence-corrected chi connectivity index (χ0v) is 4.48. The number of carbonyl (C=O) groups excluding carboxylic acids is 1. The molecule has 0 saturated heterocycles. The highest BCUT2D eigenvalue weighted by atomic mass is 35.5. The van der Waals surface area contributed by atoms with Crippen molar-refractivity contribution in [3.05, 3.63) is 11.3 Å². The molecule has 0 saturated carbocycles. The molecule has 1 rings (SSSR count). The van der Waals surface area contributed by atoms with E-state index in [0.717, 1.165) is 6.26 Å². The first kappa shape index (κ1) is 5.56. The first-order valence-electron chi connectivity index (χ1n) is 1.92. The fourth-order valence-corrected chi connectivity index (χ4v) is 0.480. The van der Waals surface area contributed by atoms with Gasteiger partial charge in [-0.15, -0.1) is 0 Å². The van der Waals surface area contributed by atoms with E-state index in [0.29, 0.717) is 0 Å². The van der Waals surface area contributed by atoms with Gasteiger partial charge in [0.25, 0.3) is 0 Å². The minimum atomic E-state index is -1.75. The molecule has 0 fully saturated rings. The van der Waals surface area contributed by atoms with Crippen LogP contribution in [0.1, 0.15) is 0 Å². The molecule has 4 heteroatoms. The number of hydrogen-bond donors (Lipinski definition) is 0. The number of esters is 1. The molecule has 44 valence electrons. The number of cyclic esters (lactones) is 1. The predicted molar refractivity (Wildman–Crippen MR) is 24.9 cm³/mol. The van der Waals surface area contributed by atoms with Crippen LogP contribution in [0.15, 0.2) is 11.3 Å². The van der Waals surface area contributed by atoms with Gasteiger partial charge in [-0.2, -0.15) is 0 Å². The molecule has 0 aromatic rings. The third-order valence-electron chi connectivity index (χ3n) is 0.737. The summed E-state index contributed by atoms with van der Waals surface area (Å²) >= 11 is 5.10. The van der Waals surface area contributed by atoms with E-state index in [2.05, 4.69) is 4.74 Å². The van der Waals surface area contributed by atoms with Crippen molar-refractivity contribution >= 4 is 17.6 Å². The van der Waals surface area contributed by atoms with Crippen molar-refractivity contribution in [3.8, 4) is 0 Å². The highest BCUT2D eigenvalue weighted by molar-refractivity contribution is 6.32. The second-order valence-corrected chi connectivity index (χ2v) is 1.74. The van der Waals surface area contributed by atoms with Gasteiger partial charge in [0.2, 0.25) is 6.17 Å². The largest absolute Gasteiger partial charge is 0.431 e. The van der Waals surface area contributed by atoms with Crippen LogP contribution >= 0.6 is 11.6 Å². The summed E-state index contributed by atoms with van der Waals surface area (Å²) in [7, 11) is 0. The van der Waals surface area contributed by atoms with Crippen LogP contribution < -0.4 is 0 Å². The Hall–Kier alpha value is -0.570. The summed E-state index contributed by atoms with van der Waals surface area (Å²) in [5, 5.41) is -0.185. The molecule has 8 heavy (non-hydrogen) atoms. The highest BCUT2D eigenvalue weighted by Gasteiger charge is 2.28. The van der Waals surface area contributed by atoms with Crippen molar-refractivity contribution in [2.45, 2.75) is 6.17 Å². The van der Waals surface area contributed by atoms with E-state index in [4.69, 9.17) is 11.6 Å². The van der Waals surface area contributed by atoms with Crippen LogP contribution in [0.3, 0.4) is 0 Å². The second-order valence-electron chi connectivity index (χ2n) is 1.30. The van der Waals surface area contributed by atoms with E-state index < -0.39 is 12.1 Å². The first-order valence-corrected chi connectivity index (χ1v) is 2.30. The molecular formula is C4H2ClFO2. The maximum absolute atomic E-state index is 12.0. The minimum Gasteiger partial charge on any atom is -0.431 e. The monoisotopic (exact) mass is 136 g/mol. The van der Waals surface area contributed by atoms with Crippen LogP contribution in [0.5, 0.6) is 0 Å². The Balaban J connectivity index is 2.72. The van der Waals surface area contributed by atoms with Crippen molar-refractivity contribution in [1.29, 1.82) is 0 Å². The molecule has 0 N–H and O–H groups in total. The molecule has 1 unspecified atom stereocenters. The van der Waals surface area contributed by atoms with E-state index in [9.17, 15) is 9.18 Å². The van der Waals surface area contributed by atoms with Gasteiger partial charge in [0.15, 0.2) is 0 Å². The van der Waals surface area contributed by atoms with Crippen LogP contribution in [0.4, 0.5) is 4.39 Å². The second kappa shape index (κ2) is 1.74. The fourth-order valence-electron chi connectivity index (χ4n) is 0.346. The Morgan fingerprint density at radius 2 is 2.50 bits per heavy atom. The molecule has 1 aliphatic rings. The zero-order chi connectivity index (χ0) is 6.15. The number of alkyl halides is 1. The highest BCUT2D eigenvalue weighted by Crippen LogP contribution is 2.19. The lowest BCUT2D eigenvalue weighted by Gasteiger charge is -1.88. The molecule has 1 atom stereocenters. The number of halogens is 2. The predicted octanol–water partition coefficient (Wildman–Crippen LogP) is 0.962. The number of rotatable bonds is 0. The van der Waals surface area contributed by atoms with E-state index in [-0.39, 0.29) is 5.03 Å². The molecular weight excluding hydrogens is 134 g/mol. The topological polar surface area (TPSA) is 26.3 Å². The molecule has 1 aliphatic heterocycles. The molecule has 0 bridgehead atoms. The quantitative estimate of drug-likeness (QED) is 0.464. The Kier molecular flexibility index (Phi) is 1.21. The molecule has 0 radical (unpaired) electrons. The Morgan fingerprint density at radius 1 is 1.88 bits per heavy atom. The van der Waals surface area contributed by atoms with E-state index in [1.54, 1.807) is 0 Å². The summed E-state index contributed by atoms with van der Waals surface area (Å²) in [5.41, 5.74) is 0. The van der Waals surface area contributed by atoms with Gasteiger partial charge in [0.05, 0.1) is 5.03 Å². The summed E-state index contributed by atoms with van der Waals surface area (Å²) in [6, 6.07) is 0. The molecule has 2 nitrogen and oxygen atoms in total. The van der Waals surface area contributed by atoms with Gasteiger partial charge in [-0.05, 0) is 0 Å². The molecule has 1 heterocycles. The average Bonchev–Trinajstić information content (AvgIpc) is 1.98. The average molecular weight is 137 g/mol. The van der Waals surface area contributed by atoms with Crippen molar-refractivity contribution in [2.75, 3.05) is 0 Å². The molecule has 0 spiro atoms. The van der Waals surface area contributed by atoms with Crippen molar-refractivity contribution in [3.63, 3.8) is 0 Å². The van der Waals surface area contributed by atoms with Crippen molar-refractivity contribution in [2.24, 2.45) is 0 Å². The van der Waals surface area contributed by atoms with Gasteiger partial charge in [-0.3, -0.25) is 0 Å². The zero-order valence-electron chi connectivity index (χ0n) is 3.73. The summed E-state index contributed by atoms with van der Waals surface area (Å²) < 4.78 is 16.1. The van der Waals surface area contributed by atoms with Gasteiger partial charge in [0.1, 0.15) is 6.26 Å². The molecule has 0 aliphatic carbocycles. The summed E-state index contributed by atoms with van der Waals surface area (Å²) in [6.45, 7) is 0. The first-order chi connectivity index (χ1) is 3.72. The fraction of sp³-hybridized carbons (Fsp3) is 0.250. The van der Waals surface area contributed by atoms with Gasteiger partial charge in [0, 0.05) is 0 Å². The standard InChI is InChI=1S/C4H2ClFO2/c5-2-1-8-4(7)3(2)6/h1,3H. The smallest absolute Gasteiger partial charge is 0.351 e. The maximum atomic E-state index is 12.0. The lowest BCUT2D eigenvalue weighted by atomic mass is 10.4. The minimum absolute atomic E-state index is 0.185. The summed E-state index contributed by atoms with van der Waals surface area (Å²) in [6.07, 6.45) is -0.856. The van der Waals surface area contributed by atoms with E-state index in [1.165, 1.54) is 0 Å². The number of hydrogen-bond acceptors (Lipinski definition) is 2. The van der Waals surface area contributed by atoms with Gasteiger partial charge in [-0.25, -0.2) is 9.18 Å². The molecule has 0 amide bonds. The SMILES string of the molecule is O=C1OC=C(Cl)C1F. The van der Waals surface area contributed by atoms with Crippen LogP contribution in [-0.2, 0) is 9.53 Å². The Bertz CT molecular complexity index is 154. The maximum Gasteiger partial charge on any atom is 0.351 e. The van der Waals surface area contributed by atoms with Gasteiger partial charge >= 0.3 is 5.97 Å². The van der Waals surface area contributed by atoms with Crippen LogP contribution in [-0.4, -0.2) is 12.1 Å². The Labute approximate surface area is 49.9 Å². The van der Waals surface area contributed by atoms with Gasteiger partial charge in [-0.1, -0.05) is 11.6 Å². The lowest BCUT2D eigenvalue weighted by Crippen LogP contribution is -2.09. The normalized spacial score (nSPS) is 27.5. The summed E-state index contributed by atoms with van der Waals surface area (Å²) in [4.78, 5) is 10.1. The molecule has 0 aromatic heterocycles. The van der Waals surface area contributed by atoms with E-state index in [1.807, 2.05) is 0 Å². The van der Waals surface area contributed by atoms with Crippen LogP contribution in [0, 0.1) is 0 Å². The van der Waals surface area contributed by atoms with Crippen molar-refractivity contribution in [1.82, 2.24) is 0 Å². The summed E-state index contributed by atoms with van der Waals surface area (Å²) in [5.74, 6) is -0.935. The van der Waals surface area contributed by atoms with E-state index >= 15 is 0 Å². The van der Waals surface area contributed by atoms with Gasteiger partial charge < -0.3 is 4.74 Å². The van der Waals surface area contributed by atoms with Crippen LogP contribution in [0.25, 0.3) is 0 Å². The lowest BCUT2D eigenvalue weighted by molar-refractivity contribution is -0.139. The van der Waals surface area contributed by atoms with Crippen LogP contribution in [0.2, 0.25) is 0 Å².